The summed E-state index contributed by atoms with van der Waals surface area (Å²) in [6.07, 6.45) is 1.96. The largest absolute Gasteiger partial charge is 0.497 e. The van der Waals surface area contributed by atoms with E-state index in [4.69, 9.17) is 9.15 Å². The molecule has 1 aromatic carbocycles. The molecule has 0 fully saturated rings. The maximum Gasteiger partial charge on any atom is 0.224 e. The van der Waals surface area contributed by atoms with E-state index >= 15 is 0 Å². The minimum Gasteiger partial charge on any atom is -0.497 e. The van der Waals surface area contributed by atoms with Gasteiger partial charge in [-0.05, 0) is 24.1 Å². The summed E-state index contributed by atoms with van der Waals surface area (Å²) in [6, 6.07) is 5.59. The number of rotatable bonds is 5. The molecule has 0 atom stereocenters. The summed E-state index contributed by atoms with van der Waals surface area (Å²) in [6.45, 7) is 4.83. The van der Waals surface area contributed by atoms with Crippen LogP contribution >= 0.6 is 0 Å². The summed E-state index contributed by atoms with van der Waals surface area (Å²) in [5, 5.41) is 3.83. The topological polar surface area (TPSA) is 51.5 Å². The highest BCUT2D eigenvalue weighted by molar-refractivity contribution is 5.88. The molecule has 1 N–H and O–H groups in total. The fourth-order valence-corrected chi connectivity index (χ4v) is 1.88. The van der Waals surface area contributed by atoms with Crippen LogP contribution in [0.2, 0.25) is 0 Å². The lowest BCUT2D eigenvalue weighted by atomic mass is 10.1. The van der Waals surface area contributed by atoms with Crippen LogP contribution < -0.4 is 10.1 Å². The van der Waals surface area contributed by atoms with Gasteiger partial charge in [-0.2, -0.15) is 0 Å². The predicted molar refractivity (Wildman–Crippen MR) is 74.3 cm³/mol. The lowest BCUT2D eigenvalue weighted by molar-refractivity contribution is -0.120. The molecule has 1 aromatic heterocycles. The van der Waals surface area contributed by atoms with Crippen LogP contribution in [0.1, 0.15) is 19.4 Å². The lowest BCUT2D eigenvalue weighted by Crippen LogP contribution is -2.28. The Morgan fingerprint density at radius 1 is 1.42 bits per heavy atom. The van der Waals surface area contributed by atoms with E-state index in [0.29, 0.717) is 18.9 Å². The molecule has 4 nitrogen and oxygen atoms in total. The number of carbonyl (C=O) groups is 1. The van der Waals surface area contributed by atoms with Gasteiger partial charge in [0.1, 0.15) is 11.3 Å². The second kappa shape index (κ2) is 5.78. The van der Waals surface area contributed by atoms with Crippen LogP contribution in [0.5, 0.6) is 5.75 Å². The predicted octanol–water partition coefficient (Wildman–Crippen LogP) is 2.76. The Morgan fingerprint density at radius 3 is 2.89 bits per heavy atom. The molecule has 0 aliphatic rings. The van der Waals surface area contributed by atoms with Crippen LogP contribution in [-0.4, -0.2) is 19.6 Å². The Morgan fingerprint density at radius 2 is 2.21 bits per heavy atom. The van der Waals surface area contributed by atoms with Crippen molar-refractivity contribution in [2.75, 3.05) is 13.7 Å². The molecule has 2 aromatic rings. The van der Waals surface area contributed by atoms with Crippen LogP contribution in [0.15, 0.2) is 28.9 Å². The third kappa shape index (κ3) is 3.28. The molecule has 1 heterocycles. The zero-order valence-electron chi connectivity index (χ0n) is 11.5. The van der Waals surface area contributed by atoms with Crippen molar-refractivity contribution < 1.29 is 13.9 Å². The number of nitrogens with one attached hydrogen (secondary N) is 1. The third-order valence-corrected chi connectivity index (χ3v) is 2.92. The SMILES string of the molecule is COc1ccc2occ(CC(=O)NCC(C)C)c2c1. The highest BCUT2D eigenvalue weighted by atomic mass is 16.5. The molecule has 0 radical (unpaired) electrons. The third-order valence-electron chi connectivity index (χ3n) is 2.92. The van der Waals surface area contributed by atoms with Gasteiger partial charge in [-0.3, -0.25) is 4.79 Å². The first kappa shape index (κ1) is 13.5. The summed E-state index contributed by atoms with van der Waals surface area (Å²) in [5.41, 5.74) is 1.66. The second-order valence-electron chi connectivity index (χ2n) is 5.00. The number of methoxy groups -OCH3 is 1. The summed E-state index contributed by atoms with van der Waals surface area (Å²) < 4.78 is 10.6. The van der Waals surface area contributed by atoms with Crippen molar-refractivity contribution in [2.24, 2.45) is 5.92 Å². The monoisotopic (exact) mass is 261 g/mol. The van der Waals surface area contributed by atoms with Crippen molar-refractivity contribution in [3.8, 4) is 5.75 Å². The molecule has 0 aliphatic carbocycles. The van der Waals surface area contributed by atoms with Gasteiger partial charge >= 0.3 is 0 Å². The Kier molecular flexibility index (Phi) is 4.10. The van der Waals surface area contributed by atoms with Gasteiger partial charge in [0, 0.05) is 17.5 Å². The highest BCUT2D eigenvalue weighted by Crippen LogP contribution is 2.26. The molecular weight excluding hydrogens is 242 g/mol. The Balaban J connectivity index is 2.14. The van der Waals surface area contributed by atoms with Gasteiger partial charge in [0.15, 0.2) is 0 Å². The molecule has 4 heteroatoms. The van der Waals surface area contributed by atoms with Crippen LogP contribution in [0.4, 0.5) is 0 Å². The molecule has 2 rings (SSSR count). The first-order valence-electron chi connectivity index (χ1n) is 6.41. The quantitative estimate of drug-likeness (QED) is 0.900. The smallest absolute Gasteiger partial charge is 0.224 e. The standard InChI is InChI=1S/C15H19NO3/c1-10(2)8-16-15(17)6-11-9-19-14-5-4-12(18-3)7-13(11)14/h4-5,7,9-10H,6,8H2,1-3H3,(H,16,17). The minimum absolute atomic E-state index is 0.0132. The van der Waals surface area contributed by atoms with Gasteiger partial charge in [0.05, 0.1) is 19.8 Å². The molecule has 1 amide bonds. The first-order valence-corrected chi connectivity index (χ1v) is 6.41. The summed E-state index contributed by atoms with van der Waals surface area (Å²) in [4.78, 5) is 11.8. The summed E-state index contributed by atoms with van der Waals surface area (Å²) in [7, 11) is 1.62. The maximum atomic E-state index is 11.8. The normalized spacial score (nSPS) is 10.9. The fraction of sp³-hybridized carbons (Fsp3) is 0.400. The van der Waals surface area contributed by atoms with Gasteiger partial charge in [0.2, 0.25) is 5.91 Å². The van der Waals surface area contributed by atoms with Gasteiger partial charge in [-0.25, -0.2) is 0 Å². The van der Waals surface area contributed by atoms with Gasteiger partial charge in [0.25, 0.3) is 0 Å². The summed E-state index contributed by atoms with van der Waals surface area (Å²) in [5.74, 6) is 1.22. The van der Waals surface area contributed by atoms with Crippen molar-refractivity contribution in [1.29, 1.82) is 0 Å². The molecule has 19 heavy (non-hydrogen) atoms. The number of hydrogen-bond acceptors (Lipinski definition) is 3. The zero-order chi connectivity index (χ0) is 13.8. The fourth-order valence-electron chi connectivity index (χ4n) is 1.88. The van der Waals surface area contributed by atoms with Crippen molar-refractivity contribution in [2.45, 2.75) is 20.3 Å². The number of furan rings is 1. The molecule has 0 unspecified atom stereocenters. The highest BCUT2D eigenvalue weighted by Gasteiger charge is 2.11. The van der Waals surface area contributed by atoms with E-state index in [0.717, 1.165) is 22.3 Å². The first-order chi connectivity index (χ1) is 9.10. The van der Waals surface area contributed by atoms with E-state index in [1.807, 2.05) is 18.2 Å². The van der Waals surface area contributed by atoms with Crippen molar-refractivity contribution in [3.05, 3.63) is 30.0 Å². The van der Waals surface area contributed by atoms with Crippen molar-refractivity contribution in [1.82, 2.24) is 5.32 Å². The number of benzene rings is 1. The Bertz CT molecular complexity index is 572. The minimum atomic E-state index is 0.0132. The molecule has 0 aliphatic heterocycles. The van der Waals surface area contributed by atoms with E-state index in [-0.39, 0.29) is 5.91 Å². The number of ether oxygens (including phenoxy) is 1. The molecule has 0 bridgehead atoms. The van der Waals surface area contributed by atoms with E-state index in [1.54, 1.807) is 13.4 Å². The van der Waals surface area contributed by atoms with Crippen molar-refractivity contribution >= 4 is 16.9 Å². The van der Waals surface area contributed by atoms with Crippen LogP contribution in [0.3, 0.4) is 0 Å². The van der Waals surface area contributed by atoms with Crippen LogP contribution in [0.25, 0.3) is 11.0 Å². The Labute approximate surface area is 112 Å². The molecule has 0 saturated carbocycles. The van der Waals surface area contributed by atoms with Gasteiger partial charge < -0.3 is 14.5 Å². The number of amides is 1. The van der Waals surface area contributed by atoms with Crippen LogP contribution in [-0.2, 0) is 11.2 Å². The number of hydrogen-bond donors (Lipinski definition) is 1. The maximum absolute atomic E-state index is 11.8. The summed E-state index contributed by atoms with van der Waals surface area (Å²) >= 11 is 0. The second-order valence-corrected chi connectivity index (χ2v) is 5.00. The molecule has 0 spiro atoms. The number of carbonyl (C=O) groups excluding carboxylic acids is 1. The van der Waals surface area contributed by atoms with Crippen LogP contribution in [0, 0.1) is 5.92 Å². The van der Waals surface area contributed by atoms with Gasteiger partial charge in [-0.15, -0.1) is 0 Å². The van der Waals surface area contributed by atoms with E-state index in [2.05, 4.69) is 19.2 Å². The zero-order valence-corrected chi connectivity index (χ0v) is 11.5. The van der Waals surface area contributed by atoms with E-state index < -0.39 is 0 Å². The molecule has 0 saturated heterocycles. The molecular formula is C15H19NO3. The molecule has 102 valence electrons. The van der Waals surface area contributed by atoms with E-state index in [9.17, 15) is 4.79 Å². The average Bonchev–Trinajstić information content (AvgIpc) is 2.79. The van der Waals surface area contributed by atoms with Crippen molar-refractivity contribution in [3.63, 3.8) is 0 Å². The lowest BCUT2D eigenvalue weighted by Gasteiger charge is -2.06. The van der Waals surface area contributed by atoms with Gasteiger partial charge in [-0.1, -0.05) is 13.8 Å². The number of fused-ring (bicyclic) bond motifs is 1. The Hall–Kier alpha value is -1.97. The van der Waals surface area contributed by atoms with E-state index in [1.165, 1.54) is 0 Å². The average molecular weight is 261 g/mol.